The molecule has 1 N–H and O–H groups in total. The van der Waals surface area contributed by atoms with Crippen molar-refractivity contribution < 1.29 is 22.4 Å². The van der Waals surface area contributed by atoms with Crippen LogP contribution in [0, 0.1) is 0 Å². The van der Waals surface area contributed by atoms with E-state index in [-0.39, 0.29) is 12.4 Å². The highest BCUT2D eigenvalue weighted by Crippen LogP contribution is 2.38. The van der Waals surface area contributed by atoms with Crippen molar-refractivity contribution in [2.45, 2.75) is 50.4 Å². The fraction of sp³-hybridized carbons (Fsp3) is 0.833. The van der Waals surface area contributed by atoms with E-state index in [4.69, 9.17) is 9.26 Å². The molecule has 1 aliphatic rings. The molecule has 1 saturated carbocycles. The van der Waals surface area contributed by atoms with Gasteiger partial charge >= 0.3 is 6.18 Å². The number of hydrogen-bond donors (Lipinski definition) is 1. The van der Waals surface area contributed by atoms with Crippen molar-refractivity contribution in [3.63, 3.8) is 0 Å². The Bertz CT molecular complexity index is 428. The smallest absolute Gasteiger partial charge is 0.370 e. The zero-order chi connectivity index (χ0) is 14.6. The fourth-order valence-corrected chi connectivity index (χ4v) is 2.46. The lowest BCUT2D eigenvalue weighted by Crippen LogP contribution is -2.32. The quantitative estimate of drug-likeness (QED) is 0.904. The molecule has 1 aromatic heterocycles. The molecular weight excluding hydrogens is 275 g/mol. The van der Waals surface area contributed by atoms with Gasteiger partial charge in [-0.25, -0.2) is 0 Å². The number of ether oxygens (including phenoxy) is 1. The minimum Gasteiger partial charge on any atom is -0.370 e. The highest BCUT2D eigenvalue weighted by Gasteiger charge is 2.38. The van der Waals surface area contributed by atoms with Gasteiger partial charge in [0.05, 0.1) is 13.1 Å². The van der Waals surface area contributed by atoms with Crippen LogP contribution in [0.15, 0.2) is 4.52 Å². The molecule has 20 heavy (non-hydrogen) atoms. The zero-order valence-electron chi connectivity index (χ0n) is 11.3. The number of hydrogen-bond acceptors (Lipinski definition) is 5. The number of aromatic nitrogens is 2. The molecule has 0 amide bonds. The first-order valence-corrected chi connectivity index (χ1v) is 6.61. The maximum atomic E-state index is 12.0. The molecule has 0 atom stereocenters. The summed E-state index contributed by atoms with van der Waals surface area (Å²) < 4.78 is 46.6. The lowest BCUT2D eigenvalue weighted by atomic mass is 9.84. The summed E-state index contributed by atoms with van der Waals surface area (Å²) in [6.07, 6.45) is 0.536. The molecule has 0 aromatic carbocycles. The van der Waals surface area contributed by atoms with Crippen LogP contribution >= 0.6 is 0 Å². The van der Waals surface area contributed by atoms with Crippen LogP contribution in [0.25, 0.3) is 0 Å². The minimum absolute atomic E-state index is 0.105. The molecule has 5 nitrogen and oxygen atoms in total. The van der Waals surface area contributed by atoms with Crippen molar-refractivity contribution in [2.24, 2.45) is 0 Å². The highest BCUT2D eigenvalue weighted by atomic mass is 19.4. The third-order valence-electron chi connectivity index (χ3n) is 3.53. The number of methoxy groups -OCH3 is 1. The second-order valence-corrected chi connectivity index (χ2v) is 4.99. The topological polar surface area (TPSA) is 60.2 Å². The first kappa shape index (κ1) is 15.2. The molecule has 0 bridgehead atoms. The van der Waals surface area contributed by atoms with Crippen molar-refractivity contribution >= 4 is 0 Å². The van der Waals surface area contributed by atoms with Crippen LogP contribution in [0.4, 0.5) is 13.2 Å². The molecular formula is C12H18F3N3O2. The van der Waals surface area contributed by atoms with Crippen LogP contribution in [-0.2, 0) is 16.9 Å². The molecule has 0 radical (unpaired) electrons. The normalized spacial score (nSPS) is 19.2. The van der Waals surface area contributed by atoms with Crippen LogP contribution in [-0.4, -0.2) is 30.0 Å². The van der Waals surface area contributed by atoms with E-state index in [9.17, 15) is 13.2 Å². The number of nitrogens with zero attached hydrogens (tertiary/aromatic N) is 2. The second kappa shape index (κ2) is 6.09. The first-order valence-electron chi connectivity index (χ1n) is 6.61. The summed E-state index contributed by atoms with van der Waals surface area (Å²) in [6.45, 7) is -1.19. The summed E-state index contributed by atoms with van der Waals surface area (Å²) in [7, 11) is 1.60. The van der Waals surface area contributed by atoms with Gasteiger partial charge in [0, 0.05) is 7.11 Å². The lowest BCUT2D eigenvalue weighted by molar-refractivity contribution is -0.125. The Kier molecular flexibility index (Phi) is 4.64. The molecule has 1 aliphatic carbocycles. The van der Waals surface area contributed by atoms with Crippen LogP contribution in [0.1, 0.15) is 43.8 Å². The fourth-order valence-electron chi connectivity index (χ4n) is 2.46. The molecule has 1 heterocycles. The van der Waals surface area contributed by atoms with E-state index in [1.54, 1.807) is 7.11 Å². The third kappa shape index (κ3) is 3.69. The zero-order valence-corrected chi connectivity index (χ0v) is 11.3. The Morgan fingerprint density at radius 3 is 2.60 bits per heavy atom. The summed E-state index contributed by atoms with van der Waals surface area (Å²) in [5.41, 5.74) is -0.552. The van der Waals surface area contributed by atoms with Gasteiger partial charge in [-0.15, -0.1) is 0 Å². The Balaban J connectivity index is 1.97. The van der Waals surface area contributed by atoms with E-state index in [2.05, 4.69) is 15.5 Å². The van der Waals surface area contributed by atoms with E-state index in [0.29, 0.717) is 5.82 Å². The average Bonchev–Trinajstić information content (AvgIpc) is 2.87. The van der Waals surface area contributed by atoms with E-state index in [1.807, 2.05) is 0 Å². The standard InChI is InChI=1S/C12H18F3N3O2/c1-19-11(5-3-2-4-6-11)10-17-9(20-18-10)7-16-8-12(13,14)15/h16H,2-8H2,1H3. The minimum atomic E-state index is -4.25. The Hall–Kier alpha value is -1.15. The molecule has 0 spiro atoms. The van der Waals surface area contributed by atoms with Crippen molar-refractivity contribution in [2.75, 3.05) is 13.7 Å². The van der Waals surface area contributed by atoms with Gasteiger partial charge in [0.1, 0.15) is 5.60 Å². The predicted molar refractivity (Wildman–Crippen MR) is 63.8 cm³/mol. The molecule has 0 aliphatic heterocycles. The summed E-state index contributed by atoms with van der Waals surface area (Å²) in [5, 5.41) is 6.09. The largest absolute Gasteiger partial charge is 0.401 e. The summed E-state index contributed by atoms with van der Waals surface area (Å²) in [6, 6.07) is 0. The SMILES string of the molecule is COC1(c2noc(CNCC(F)(F)F)n2)CCCCC1. The van der Waals surface area contributed by atoms with Gasteiger partial charge in [0.15, 0.2) is 0 Å². The van der Waals surface area contributed by atoms with Crippen molar-refractivity contribution in [3.05, 3.63) is 11.7 Å². The van der Waals surface area contributed by atoms with E-state index in [0.717, 1.165) is 32.1 Å². The van der Waals surface area contributed by atoms with E-state index in [1.165, 1.54) is 0 Å². The van der Waals surface area contributed by atoms with E-state index >= 15 is 0 Å². The molecule has 0 unspecified atom stereocenters. The molecule has 8 heteroatoms. The third-order valence-corrected chi connectivity index (χ3v) is 3.53. The van der Waals surface area contributed by atoms with Crippen LogP contribution in [0.3, 0.4) is 0 Å². The molecule has 0 saturated heterocycles. The van der Waals surface area contributed by atoms with Crippen molar-refractivity contribution in [1.29, 1.82) is 0 Å². The summed E-state index contributed by atoms with van der Waals surface area (Å²) in [5.74, 6) is 0.578. The van der Waals surface area contributed by atoms with Gasteiger partial charge in [-0.05, 0) is 12.8 Å². The maximum Gasteiger partial charge on any atom is 0.401 e. The number of rotatable bonds is 5. The second-order valence-electron chi connectivity index (χ2n) is 4.99. The van der Waals surface area contributed by atoms with Crippen LogP contribution < -0.4 is 5.32 Å². The number of alkyl halides is 3. The van der Waals surface area contributed by atoms with E-state index < -0.39 is 18.3 Å². The van der Waals surface area contributed by atoms with Crippen LogP contribution in [0.2, 0.25) is 0 Å². The Morgan fingerprint density at radius 2 is 2.00 bits per heavy atom. The predicted octanol–water partition coefficient (Wildman–Crippen LogP) is 2.53. The van der Waals surface area contributed by atoms with Gasteiger partial charge < -0.3 is 14.6 Å². The number of nitrogens with one attached hydrogen (secondary N) is 1. The van der Waals surface area contributed by atoms with Gasteiger partial charge in [0.25, 0.3) is 0 Å². The Morgan fingerprint density at radius 1 is 1.30 bits per heavy atom. The highest BCUT2D eigenvalue weighted by molar-refractivity contribution is 5.03. The van der Waals surface area contributed by atoms with Crippen molar-refractivity contribution in [1.82, 2.24) is 15.5 Å². The lowest BCUT2D eigenvalue weighted by Gasteiger charge is -2.32. The maximum absolute atomic E-state index is 12.0. The molecule has 2 rings (SSSR count). The molecule has 114 valence electrons. The van der Waals surface area contributed by atoms with Gasteiger partial charge in [-0.2, -0.15) is 18.2 Å². The van der Waals surface area contributed by atoms with Gasteiger partial charge in [0.2, 0.25) is 11.7 Å². The average molecular weight is 293 g/mol. The molecule has 1 fully saturated rings. The first-order chi connectivity index (χ1) is 9.45. The molecule has 1 aromatic rings. The Labute approximate surface area is 114 Å². The summed E-state index contributed by atoms with van der Waals surface area (Å²) in [4.78, 5) is 4.16. The van der Waals surface area contributed by atoms with Crippen LogP contribution in [0.5, 0.6) is 0 Å². The monoisotopic (exact) mass is 293 g/mol. The number of halogens is 3. The van der Waals surface area contributed by atoms with Gasteiger partial charge in [-0.1, -0.05) is 24.4 Å². The van der Waals surface area contributed by atoms with Gasteiger partial charge in [-0.3, -0.25) is 0 Å². The summed E-state index contributed by atoms with van der Waals surface area (Å²) >= 11 is 0. The van der Waals surface area contributed by atoms with Crippen molar-refractivity contribution in [3.8, 4) is 0 Å².